The lowest BCUT2D eigenvalue weighted by Gasteiger charge is -2.22. The molecule has 0 aromatic carbocycles. The van der Waals surface area contributed by atoms with E-state index in [9.17, 15) is 4.79 Å². The number of ether oxygens (including phenoxy) is 1. The molecule has 0 saturated carbocycles. The van der Waals surface area contributed by atoms with Gasteiger partial charge in [0.05, 0.1) is 13.7 Å². The second-order valence-corrected chi connectivity index (χ2v) is 4.25. The summed E-state index contributed by atoms with van der Waals surface area (Å²) in [5.41, 5.74) is 0. The molecule has 0 unspecified atom stereocenters. The van der Waals surface area contributed by atoms with E-state index in [1.54, 1.807) is 33.2 Å². The monoisotopic (exact) mass is 267 g/mol. The minimum atomic E-state index is -0.00633. The second kappa shape index (κ2) is 6.77. The Labute approximate surface area is 113 Å². The molecule has 19 heavy (non-hydrogen) atoms. The highest BCUT2D eigenvalue weighted by Crippen LogP contribution is 2.30. The van der Waals surface area contributed by atoms with Crippen molar-refractivity contribution in [1.29, 1.82) is 0 Å². The van der Waals surface area contributed by atoms with Crippen LogP contribution in [-0.4, -0.2) is 62.1 Å². The van der Waals surface area contributed by atoms with E-state index in [0.717, 1.165) is 6.54 Å². The number of hydrogen-bond donors (Lipinski definition) is 1. The van der Waals surface area contributed by atoms with Crippen molar-refractivity contribution in [2.75, 3.05) is 51.6 Å². The molecule has 0 aliphatic heterocycles. The number of aromatic nitrogens is 2. The first-order valence-corrected chi connectivity index (χ1v) is 6.05. The first-order chi connectivity index (χ1) is 9.01. The van der Waals surface area contributed by atoms with Crippen LogP contribution in [0.2, 0.25) is 0 Å². The SMILES string of the molecule is CCNc1ncnc(N(C)CC(=O)N(C)C)c1OC. The Hall–Kier alpha value is -2.05. The lowest BCUT2D eigenvalue weighted by atomic mass is 10.4. The number of rotatable bonds is 6. The number of nitrogens with one attached hydrogen (secondary N) is 1. The highest BCUT2D eigenvalue weighted by Gasteiger charge is 2.17. The Bertz CT molecular complexity index is 436. The molecule has 1 aromatic heterocycles. The smallest absolute Gasteiger partial charge is 0.241 e. The number of nitrogens with zero attached hydrogens (tertiary/aromatic N) is 4. The normalized spacial score (nSPS) is 9.95. The molecule has 7 heteroatoms. The van der Waals surface area contributed by atoms with Gasteiger partial charge in [0.15, 0.2) is 11.6 Å². The van der Waals surface area contributed by atoms with Crippen molar-refractivity contribution in [2.45, 2.75) is 6.92 Å². The van der Waals surface area contributed by atoms with Crippen molar-refractivity contribution < 1.29 is 9.53 Å². The molecule has 1 heterocycles. The van der Waals surface area contributed by atoms with Crippen molar-refractivity contribution in [3.8, 4) is 5.75 Å². The van der Waals surface area contributed by atoms with E-state index in [2.05, 4.69) is 15.3 Å². The molecule has 1 amide bonds. The van der Waals surface area contributed by atoms with E-state index in [1.165, 1.54) is 11.2 Å². The van der Waals surface area contributed by atoms with Crippen LogP contribution >= 0.6 is 0 Å². The Morgan fingerprint density at radius 3 is 2.58 bits per heavy atom. The predicted molar refractivity (Wildman–Crippen MR) is 74.7 cm³/mol. The maximum Gasteiger partial charge on any atom is 0.241 e. The maximum absolute atomic E-state index is 11.7. The van der Waals surface area contributed by atoms with Crippen molar-refractivity contribution >= 4 is 17.5 Å². The molecule has 1 aromatic rings. The van der Waals surface area contributed by atoms with Crippen LogP contribution in [0.1, 0.15) is 6.92 Å². The van der Waals surface area contributed by atoms with Gasteiger partial charge in [-0.3, -0.25) is 4.79 Å². The van der Waals surface area contributed by atoms with Crippen LogP contribution < -0.4 is 15.0 Å². The third kappa shape index (κ3) is 3.70. The van der Waals surface area contributed by atoms with Crippen LogP contribution in [-0.2, 0) is 4.79 Å². The summed E-state index contributed by atoms with van der Waals surface area (Å²) in [5.74, 6) is 1.74. The van der Waals surface area contributed by atoms with Crippen molar-refractivity contribution in [3.05, 3.63) is 6.33 Å². The molecular formula is C12H21N5O2. The lowest BCUT2D eigenvalue weighted by molar-refractivity contribution is -0.127. The second-order valence-electron chi connectivity index (χ2n) is 4.25. The van der Waals surface area contributed by atoms with E-state index >= 15 is 0 Å². The molecule has 7 nitrogen and oxygen atoms in total. The Kier molecular flexibility index (Phi) is 5.35. The summed E-state index contributed by atoms with van der Waals surface area (Å²) >= 11 is 0. The van der Waals surface area contributed by atoms with Crippen LogP contribution in [0.4, 0.5) is 11.6 Å². The third-order valence-electron chi connectivity index (χ3n) is 2.57. The average Bonchev–Trinajstić information content (AvgIpc) is 2.38. The van der Waals surface area contributed by atoms with Gasteiger partial charge in [-0.25, -0.2) is 9.97 Å². The molecule has 1 N–H and O–H groups in total. The first-order valence-electron chi connectivity index (χ1n) is 6.05. The van der Waals surface area contributed by atoms with Gasteiger partial charge in [0.1, 0.15) is 6.33 Å². The van der Waals surface area contributed by atoms with E-state index < -0.39 is 0 Å². The summed E-state index contributed by atoms with van der Waals surface area (Å²) in [5, 5.41) is 3.10. The topological polar surface area (TPSA) is 70.6 Å². The lowest BCUT2D eigenvalue weighted by Crippen LogP contribution is -2.35. The van der Waals surface area contributed by atoms with Gasteiger partial charge in [0, 0.05) is 27.7 Å². The zero-order valence-electron chi connectivity index (χ0n) is 12.1. The van der Waals surface area contributed by atoms with Crippen LogP contribution in [0.3, 0.4) is 0 Å². The highest BCUT2D eigenvalue weighted by molar-refractivity contribution is 5.81. The summed E-state index contributed by atoms with van der Waals surface area (Å²) in [4.78, 5) is 23.3. The predicted octanol–water partition coefficient (Wildman–Crippen LogP) is 0.441. The fraction of sp³-hybridized carbons (Fsp3) is 0.583. The molecule has 0 aliphatic rings. The van der Waals surface area contributed by atoms with E-state index in [-0.39, 0.29) is 12.5 Å². The number of hydrogen-bond acceptors (Lipinski definition) is 6. The molecule has 0 radical (unpaired) electrons. The number of likely N-dealkylation sites (N-methyl/N-ethyl adjacent to an activating group) is 2. The molecule has 0 spiro atoms. The van der Waals surface area contributed by atoms with Crippen molar-refractivity contribution in [1.82, 2.24) is 14.9 Å². The summed E-state index contributed by atoms with van der Waals surface area (Å²) in [7, 11) is 6.79. The summed E-state index contributed by atoms with van der Waals surface area (Å²) in [6.07, 6.45) is 1.45. The van der Waals surface area contributed by atoms with Gasteiger partial charge in [0.2, 0.25) is 11.7 Å². The van der Waals surface area contributed by atoms with E-state index in [4.69, 9.17) is 4.74 Å². The fourth-order valence-electron chi connectivity index (χ4n) is 1.54. The van der Waals surface area contributed by atoms with Gasteiger partial charge in [0.25, 0.3) is 0 Å². The van der Waals surface area contributed by atoms with Gasteiger partial charge in [-0.1, -0.05) is 0 Å². The number of methoxy groups -OCH3 is 1. The average molecular weight is 267 g/mol. The minimum Gasteiger partial charge on any atom is -0.490 e. The van der Waals surface area contributed by atoms with Gasteiger partial charge in [-0.2, -0.15) is 0 Å². The summed E-state index contributed by atoms with van der Waals surface area (Å²) in [6.45, 7) is 2.93. The molecular weight excluding hydrogens is 246 g/mol. The maximum atomic E-state index is 11.7. The highest BCUT2D eigenvalue weighted by atomic mass is 16.5. The number of carbonyl (C=O) groups is 1. The quantitative estimate of drug-likeness (QED) is 0.806. The number of amides is 1. The zero-order chi connectivity index (χ0) is 14.4. The van der Waals surface area contributed by atoms with Crippen LogP contribution in [0.25, 0.3) is 0 Å². The Morgan fingerprint density at radius 2 is 2.05 bits per heavy atom. The molecule has 106 valence electrons. The molecule has 0 saturated heterocycles. The molecule has 0 bridgehead atoms. The minimum absolute atomic E-state index is 0.00633. The molecule has 0 aliphatic carbocycles. The van der Waals surface area contributed by atoms with Crippen molar-refractivity contribution in [3.63, 3.8) is 0 Å². The molecule has 1 rings (SSSR count). The van der Waals surface area contributed by atoms with Crippen molar-refractivity contribution in [2.24, 2.45) is 0 Å². The first kappa shape index (κ1) is 15.0. The summed E-state index contributed by atoms with van der Waals surface area (Å²) < 4.78 is 5.34. The van der Waals surface area contributed by atoms with Gasteiger partial charge >= 0.3 is 0 Å². The number of anilines is 2. The van der Waals surface area contributed by atoms with Gasteiger partial charge in [-0.05, 0) is 6.92 Å². The molecule has 0 fully saturated rings. The number of carbonyl (C=O) groups excluding carboxylic acids is 1. The van der Waals surface area contributed by atoms with Crippen LogP contribution in [0, 0.1) is 0 Å². The van der Waals surface area contributed by atoms with Crippen LogP contribution in [0.5, 0.6) is 5.75 Å². The van der Waals surface area contributed by atoms with Gasteiger partial charge in [-0.15, -0.1) is 0 Å². The standard InChI is InChI=1S/C12H21N5O2/c1-6-13-11-10(19-5)12(15-8-14-11)17(4)7-9(18)16(2)3/h8H,6-7H2,1-5H3,(H,13,14,15). The third-order valence-corrected chi connectivity index (χ3v) is 2.57. The Morgan fingerprint density at radius 1 is 1.37 bits per heavy atom. The largest absolute Gasteiger partial charge is 0.490 e. The fourth-order valence-corrected chi connectivity index (χ4v) is 1.54. The van der Waals surface area contributed by atoms with Crippen LogP contribution in [0.15, 0.2) is 6.33 Å². The zero-order valence-corrected chi connectivity index (χ0v) is 12.1. The Balaban J connectivity index is 2.98. The molecule has 0 atom stereocenters. The van der Waals surface area contributed by atoms with E-state index in [0.29, 0.717) is 17.4 Å². The summed E-state index contributed by atoms with van der Waals surface area (Å²) in [6, 6.07) is 0. The van der Waals surface area contributed by atoms with E-state index in [1.807, 2.05) is 6.92 Å². The van der Waals surface area contributed by atoms with Gasteiger partial charge < -0.3 is 19.9 Å².